The highest BCUT2D eigenvalue weighted by atomic mass is 35.5. The standard InChI is InChI=1S/C21H22N2O4.ClH/c1-26-20(24)19-10-13(22)11-23(19)21(25)27-12-18-16-8-4-2-6-14(16)15-7-3-5-9-17(15)18;/h2-9,13,18-19H,10-12,22H2,1H3;1H/t13-,19+;/m1./s1. The Hall–Kier alpha value is -2.57. The van der Waals surface area contributed by atoms with E-state index in [-0.39, 0.29) is 37.5 Å². The van der Waals surface area contributed by atoms with E-state index in [1.54, 1.807) is 0 Å². The molecule has 2 aromatic rings. The largest absolute Gasteiger partial charge is 0.467 e. The van der Waals surface area contributed by atoms with Crippen molar-refractivity contribution in [1.82, 2.24) is 4.90 Å². The summed E-state index contributed by atoms with van der Waals surface area (Å²) in [5.41, 5.74) is 10.6. The van der Waals surface area contributed by atoms with Crippen LogP contribution in [0.2, 0.25) is 0 Å². The summed E-state index contributed by atoms with van der Waals surface area (Å²) < 4.78 is 10.4. The zero-order chi connectivity index (χ0) is 19.0. The van der Waals surface area contributed by atoms with Crippen LogP contribution in [0, 0.1) is 0 Å². The van der Waals surface area contributed by atoms with E-state index in [4.69, 9.17) is 15.2 Å². The van der Waals surface area contributed by atoms with Gasteiger partial charge in [0.1, 0.15) is 12.6 Å². The normalized spacial score (nSPS) is 20.1. The van der Waals surface area contributed by atoms with Crippen molar-refractivity contribution in [2.24, 2.45) is 5.73 Å². The molecule has 28 heavy (non-hydrogen) atoms. The molecule has 0 aromatic heterocycles. The number of ether oxygens (including phenoxy) is 2. The first-order valence-electron chi connectivity index (χ1n) is 9.05. The minimum atomic E-state index is -0.680. The Labute approximate surface area is 170 Å². The van der Waals surface area contributed by atoms with Gasteiger partial charge in [-0.25, -0.2) is 9.59 Å². The van der Waals surface area contributed by atoms with E-state index in [9.17, 15) is 9.59 Å². The summed E-state index contributed by atoms with van der Waals surface area (Å²) in [6.07, 6.45) is -0.142. The third-order valence-electron chi connectivity index (χ3n) is 5.38. The molecule has 2 aliphatic rings. The van der Waals surface area contributed by atoms with Crippen LogP contribution in [0.1, 0.15) is 23.5 Å². The molecule has 0 radical (unpaired) electrons. The van der Waals surface area contributed by atoms with Crippen LogP contribution in [0.25, 0.3) is 11.1 Å². The van der Waals surface area contributed by atoms with E-state index in [2.05, 4.69) is 24.3 Å². The fourth-order valence-corrected chi connectivity index (χ4v) is 4.11. The summed E-state index contributed by atoms with van der Waals surface area (Å²) in [7, 11) is 1.31. The second kappa shape index (κ2) is 8.20. The van der Waals surface area contributed by atoms with Gasteiger partial charge < -0.3 is 15.2 Å². The second-order valence-corrected chi connectivity index (χ2v) is 6.99. The van der Waals surface area contributed by atoms with E-state index >= 15 is 0 Å². The number of benzene rings is 2. The Morgan fingerprint density at radius 3 is 2.21 bits per heavy atom. The van der Waals surface area contributed by atoms with Gasteiger partial charge in [0.25, 0.3) is 0 Å². The molecule has 148 valence electrons. The number of rotatable bonds is 3. The van der Waals surface area contributed by atoms with Crippen molar-refractivity contribution in [1.29, 1.82) is 0 Å². The van der Waals surface area contributed by atoms with E-state index in [1.807, 2.05) is 24.3 Å². The van der Waals surface area contributed by atoms with Crippen LogP contribution in [-0.2, 0) is 14.3 Å². The van der Waals surface area contributed by atoms with Crippen molar-refractivity contribution in [2.45, 2.75) is 24.4 Å². The average Bonchev–Trinajstić information content (AvgIpc) is 3.24. The number of amides is 1. The number of nitrogens with zero attached hydrogens (tertiary/aromatic N) is 1. The van der Waals surface area contributed by atoms with Crippen molar-refractivity contribution in [3.8, 4) is 11.1 Å². The van der Waals surface area contributed by atoms with Crippen LogP contribution in [0.15, 0.2) is 48.5 Å². The topological polar surface area (TPSA) is 81.9 Å². The molecule has 0 bridgehead atoms. The highest BCUT2D eigenvalue weighted by Crippen LogP contribution is 2.44. The zero-order valence-electron chi connectivity index (χ0n) is 15.5. The molecular weight excluding hydrogens is 380 g/mol. The first kappa shape index (κ1) is 20.2. The zero-order valence-corrected chi connectivity index (χ0v) is 16.4. The van der Waals surface area contributed by atoms with E-state index in [0.29, 0.717) is 6.42 Å². The van der Waals surface area contributed by atoms with E-state index in [0.717, 1.165) is 11.1 Å². The molecule has 1 aliphatic heterocycles. The molecule has 1 fully saturated rings. The van der Waals surface area contributed by atoms with Crippen LogP contribution < -0.4 is 5.73 Å². The van der Waals surface area contributed by atoms with Gasteiger partial charge in [0.05, 0.1) is 7.11 Å². The lowest BCUT2D eigenvalue weighted by atomic mass is 9.98. The van der Waals surface area contributed by atoms with Gasteiger partial charge >= 0.3 is 12.1 Å². The molecular formula is C21H23ClN2O4. The molecule has 0 saturated carbocycles. The van der Waals surface area contributed by atoms with Crippen LogP contribution in [-0.4, -0.2) is 49.3 Å². The van der Waals surface area contributed by atoms with E-state index < -0.39 is 18.1 Å². The molecule has 0 spiro atoms. The van der Waals surface area contributed by atoms with Crippen molar-refractivity contribution < 1.29 is 19.1 Å². The number of hydrogen-bond acceptors (Lipinski definition) is 5. The SMILES string of the molecule is COC(=O)[C@@H]1C[C@@H](N)CN1C(=O)OCC1c2ccccc2-c2ccccc21.Cl. The Bertz CT molecular complexity index is 843. The number of nitrogens with two attached hydrogens (primary N) is 1. The fraction of sp³-hybridized carbons (Fsp3) is 0.333. The summed E-state index contributed by atoms with van der Waals surface area (Å²) >= 11 is 0. The summed E-state index contributed by atoms with van der Waals surface area (Å²) in [6, 6.07) is 15.4. The second-order valence-electron chi connectivity index (χ2n) is 6.99. The van der Waals surface area contributed by atoms with Crippen LogP contribution in [0.3, 0.4) is 0 Å². The van der Waals surface area contributed by atoms with Gasteiger partial charge in [0.2, 0.25) is 0 Å². The summed E-state index contributed by atoms with van der Waals surface area (Å²) in [4.78, 5) is 26.0. The maximum Gasteiger partial charge on any atom is 0.410 e. The van der Waals surface area contributed by atoms with Crippen molar-refractivity contribution in [2.75, 3.05) is 20.3 Å². The Morgan fingerprint density at radius 1 is 1.07 bits per heavy atom. The third-order valence-corrected chi connectivity index (χ3v) is 5.38. The highest BCUT2D eigenvalue weighted by molar-refractivity contribution is 5.85. The highest BCUT2D eigenvalue weighted by Gasteiger charge is 2.40. The molecule has 1 amide bonds. The molecule has 1 heterocycles. The number of esters is 1. The average molecular weight is 403 g/mol. The van der Waals surface area contributed by atoms with Crippen molar-refractivity contribution >= 4 is 24.5 Å². The molecule has 2 N–H and O–H groups in total. The minimum Gasteiger partial charge on any atom is -0.467 e. The maximum atomic E-state index is 12.6. The third kappa shape index (κ3) is 3.45. The molecule has 1 aliphatic carbocycles. The molecule has 2 atom stereocenters. The minimum absolute atomic E-state index is 0. The predicted octanol–water partition coefficient (Wildman–Crippen LogP) is 2.93. The molecule has 1 saturated heterocycles. The van der Waals surface area contributed by atoms with Crippen LogP contribution in [0.4, 0.5) is 4.79 Å². The van der Waals surface area contributed by atoms with Gasteiger partial charge in [-0.1, -0.05) is 48.5 Å². The first-order chi connectivity index (χ1) is 13.1. The lowest BCUT2D eigenvalue weighted by molar-refractivity contribution is -0.145. The smallest absolute Gasteiger partial charge is 0.410 e. The number of likely N-dealkylation sites (tertiary alicyclic amines) is 1. The fourth-order valence-electron chi connectivity index (χ4n) is 4.11. The first-order valence-corrected chi connectivity index (χ1v) is 9.05. The summed E-state index contributed by atoms with van der Waals surface area (Å²) in [6.45, 7) is 0.503. The maximum absolute atomic E-state index is 12.6. The molecule has 6 nitrogen and oxygen atoms in total. The molecule has 0 unspecified atom stereocenters. The van der Waals surface area contributed by atoms with E-state index in [1.165, 1.54) is 23.1 Å². The number of carbonyl (C=O) groups excluding carboxylic acids is 2. The molecule has 4 rings (SSSR count). The number of carbonyl (C=O) groups is 2. The monoisotopic (exact) mass is 402 g/mol. The van der Waals surface area contributed by atoms with Gasteiger partial charge in [-0.05, 0) is 28.7 Å². The van der Waals surface area contributed by atoms with Gasteiger partial charge in [-0.3, -0.25) is 4.90 Å². The van der Waals surface area contributed by atoms with Gasteiger partial charge in [-0.15, -0.1) is 12.4 Å². The molecule has 2 aromatic carbocycles. The Balaban J connectivity index is 0.00000225. The van der Waals surface area contributed by atoms with Gasteiger partial charge in [0, 0.05) is 18.5 Å². The number of halogens is 1. The van der Waals surface area contributed by atoms with Crippen molar-refractivity contribution in [3.05, 3.63) is 59.7 Å². The predicted molar refractivity (Wildman–Crippen MR) is 107 cm³/mol. The number of methoxy groups -OCH3 is 1. The Morgan fingerprint density at radius 2 is 1.64 bits per heavy atom. The number of fused-ring (bicyclic) bond motifs is 3. The van der Waals surface area contributed by atoms with Gasteiger partial charge in [0.15, 0.2) is 0 Å². The summed E-state index contributed by atoms with van der Waals surface area (Å²) in [5, 5.41) is 0. The quantitative estimate of drug-likeness (QED) is 0.798. The van der Waals surface area contributed by atoms with Crippen LogP contribution >= 0.6 is 12.4 Å². The van der Waals surface area contributed by atoms with Crippen molar-refractivity contribution in [3.63, 3.8) is 0 Å². The summed E-state index contributed by atoms with van der Waals surface area (Å²) in [5.74, 6) is -0.481. The molecule has 7 heteroatoms. The van der Waals surface area contributed by atoms with Crippen LogP contribution in [0.5, 0.6) is 0 Å². The lowest BCUT2D eigenvalue weighted by Crippen LogP contribution is -2.42. The lowest BCUT2D eigenvalue weighted by Gasteiger charge is -2.23. The Kier molecular flexibility index (Phi) is 5.91. The number of hydrogen-bond donors (Lipinski definition) is 1. The van der Waals surface area contributed by atoms with Gasteiger partial charge in [-0.2, -0.15) is 0 Å².